The van der Waals surface area contributed by atoms with Crippen molar-refractivity contribution in [2.75, 3.05) is 31.3 Å². The van der Waals surface area contributed by atoms with Gasteiger partial charge in [-0.25, -0.2) is 10.1 Å². The fourth-order valence-corrected chi connectivity index (χ4v) is 3.19. The average Bonchev–Trinajstić information content (AvgIpc) is 3.49. The van der Waals surface area contributed by atoms with Crippen LogP contribution in [-0.2, 0) is 0 Å². The van der Waals surface area contributed by atoms with Crippen LogP contribution in [0.15, 0.2) is 58.3 Å². The lowest BCUT2D eigenvalue weighted by Gasteiger charge is -2.11. The molecule has 180 valence electrons. The first kappa shape index (κ1) is 23.4. The number of nitrogen functional groups attached to an aromatic ring is 1. The maximum atomic E-state index is 13.0. The molecule has 3 N–H and O–H groups in total. The van der Waals surface area contributed by atoms with Crippen molar-refractivity contribution in [2.45, 2.75) is 13.3 Å². The molecule has 0 atom stereocenters. The summed E-state index contributed by atoms with van der Waals surface area (Å²) in [6.07, 6.45) is 2.43. The molecule has 0 aliphatic carbocycles. The van der Waals surface area contributed by atoms with E-state index in [9.17, 15) is 4.79 Å². The Hall–Kier alpha value is -4.74. The Kier molecular flexibility index (Phi) is 7.00. The Morgan fingerprint density at radius 2 is 1.91 bits per heavy atom. The van der Waals surface area contributed by atoms with Gasteiger partial charge in [0.05, 0.1) is 12.8 Å². The summed E-state index contributed by atoms with van der Waals surface area (Å²) in [5, 5.41) is 19.5. The van der Waals surface area contributed by atoms with Crippen LogP contribution in [0.2, 0.25) is 0 Å². The number of nitrogens with two attached hydrogens (primary N) is 1. The minimum absolute atomic E-state index is 0.00481. The topological polar surface area (TPSA) is 150 Å². The second-order valence-electron chi connectivity index (χ2n) is 7.73. The number of anilines is 2. The SMILES string of the molecule is CCCOc1ccc(-c2c(C(=O)N/N=C/c3ccc(N(C)C)cc3)nnn2-c2nonc2N)cc1. The number of nitrogens with zero attached hydrogens (tertiary/aromatic N) is 7. The molecule has 2 aromatic carbocycles. The van der Waals surface area contributed by atoms with Gasteiger partial charge in [0.15, 0.2) is 5.69 Å². The second-order valence-corrected chi connectivity index (χ2v) is 7.73. The summed E-state index contributed by atoms with van der Waals surface area (Å²) >= 11 is 0. The van der Waals surface area contributed by atoms with Crippen LogP contribution in [0.3, 0.4) is 0 Å². The number of carbonyl (C=O) groups is 1. The van der Waals surface area contributed by atoms with Crippen molar-refractivity contribution in [3.05, 3.63) is 59.8 Å². The van der Waals surface area contributed by atoms with E-state index < -0.39 is 5.91 Å². The molecule has 4 rings (SSSR count). The Labute approximate surface area is 201 Å². The molecule has 0 aliphatic rings. The molecule has 0 radical (unpaired) electrons. The molecule has 0 aliphatic heterocycles. The van der Waals surface area contributed by atoms with E-state index in [0.717, 1.165) is 17.7 Å². The minimum Gasteiger partial charge on any atom is -0.494 e. The van der Waals surface area contributed by atoms with Crippen molar-refractivity contribution in [3.8, 4) is 22.8 Å². The molecule has 35 heavy (non-hydrogen) atoms. The summed E-state index contributed by atoms with van der Waals surface area (Å²) in [4.78, 5) is 15.0. The Morgan fingerprint density at radius 3 is 2.54 bits per heavy atom. The van der Waals surface area contributed by atoms with Crippen LogP contribution >= 0.6 is 0 Å². The van der Waals surface area contributed by atoms with Crippen LogP contribution in [0.5, 0.6) is 5.75 Å². The van der Waals surface area contributed by atoms with Crippen molar-refractivity contribution in [2.24, 2.45) is 5.10 Å². The van der Waals surface area contributed by atoms with Gasteiger partial charge in [0.2, 0.25) is 11.6 Å². The van der Waals surface area contributed by atoms with E-state index in [0.29, 0.717) is 23.6 Å². The number of amides is 1. The second kappa shape index (κ2) is 10.5. The van der Waals surface area contributed by atoms with Crippen LogP contribution < -0.4 is 20.8 Å². The Balaban J connectivity index is 1.61. The van der Waals surface area contributed by atoms with E-state index in [2.05, 4.69) is 31.2 Å². The standard InChI is InChI=1S/C23H25N9O3/c1-4-13-34-18-11-7-16(8-12-18)20-19(26-30-32(20)22-21(24)28-35-29-22)23(33)27-25-14-15-5-9-17(10-6-15)31(2)3/h5-12,14H,4,13H2,1-3H3,(H2,24,28)(H,27,33)/b25-14+. The van der Waals surface area contributed by atoms with Crippen LogP contribution in [0.4, 0.5) is 11.5 Å². The summed E-state index contributed by atoms with van der Waals surface area (Å²) in [6, 6.07) is 14.9. The summed E-state index contributed by atoms with van der Waals surface area (Å²) in [5.41, 5.74) is 11.2. The number of rotatable bonds is 9. The van der Waals surface area contributed by atoms with Crippen molar-refractivity contribution < 1.29 is 14.2 Å². The van der Waals surface area contributed by atoms with Crippen molar-refractivity contribution in [1.29, 1.82) is 0 Å². The number of hydrogen-bond donors (Lipinski definition) is 2. The highest BCUT2D eigenvalue weighted by molar-refractivity contribution is 5.98. The first-order valence-electron chi connectivity index (χ1n) is 10.9. The number of hydrogen-bond acceptors (Lipinski definition) is 10. The predicted octanol–water partition coefficient (Wildman–Crippen LogP) is 2.52. The average molecular weight is 476 g/mol. The summed E-state index contributed by atoms with van der Waals surface area (Å²) in [7, 11) is 3.92. The van der Waals surface area contributed by atoms with E-state index >= 15 is 0 Å². The van der Waals surface area contributed by atoms with Gasteiger partial charge in [-0.2, -0.15) is 9.78 Å². The predicted molar refractivity (Wildman–Crippen MR) is 131 cm³/mol. The largest absolute Gasteiger partial charge is 0.494 e. The molecule has 0 unspecified atom stereocenters. The van der Waals surface area contributed by atoms with Gasteiger partial charge in [-0.05, 0) is 58.7 Å². The minimum atomic E-state index is -0.561. The van der Waals surface area contributed by atoms with Crippen LogP contribution in [0.25, 0.3) is 17.1 Å². The molecule has 12 nitrogen and oxygen atoms in total. The summed E-state index contributed by atoms with van der Waals surface area (Å²) in [6.45, 7) is 2.63. The molecule has 4 aromatic rings. The first-order chi connectivity index (χ1) is 17.0. The van der Waals surface area contributed by atoms with E-state index in [-0.39, 0.29) is 17.3 Å². The molecule has 0 bridgehead atoms. The lowest BCUT2D eigenvalue weighted by Crippen LogP contribution is -2.19. The van der Waals surface area contributed by atoms with Gasteiger partial charge in [-0.3, -0.25) is 4.79 Å². The van der Waals surface area contributed by atoms with E-state index in [1.54, 1.807) is 30.5 Å². The maximum Gasteiger partial charge on any atom is 0.294 e. The van der Waals surface area contributed by atoms with Crippen molar-refractivity contribution in [1.82, 2.24) is 30.7 Å². The fraction of sp³-hybridized carbons (Fsp3) is 0.217. The lowest BCUT2D eigenvalue weighted by molar-refractivity contribution is 0.0950. The van der Waals surface area contributed by atoms with Gasteiger partial charge >= 0.3 is 0 Å². The van der Waals surface area contributed by atoms with E-state index in [4.69, 9.17) is 15.1 Å². The third-order valence-electron chi connectivity index (χ3n) is 4.97. The lowest BCUT2D eigenvalue weighted by atomic mass is 10.1. The summed E-state index contributed by atoms with van der Waals surface area (Å²) in [5.74, 6) is 0.259. The zero-order valence-electron chi connectivity index (χ0n) is 19.5. The van der Waals surface area contributed by atoms with Crippen LogP contribution in [0.1, 0.15) is 29.4 Å². The number of ether oxygens (including phenoxy) is 1. The Morgan fingerprint density at radius 1 is 1.17 bits per heavy atom. The zero-order chi connectivity index (χ0) is 24.8. The highest BCUT2D eigenvalue weighted by Crippen LogP contribution is 2.28. The van der Waals surface area contributed by atoms with Gasteiger partial charge < -0.3 is 15.4 Å². The van der Waals surface area contributed by atoms with Crippen LogP contribution in [-0.4, -0.2) is 58.1 Å². The molecule has 1 amide bonds. The highest BCUT2D eigenvalue weighted by atomic mass is 16.6. The van der Waals surface area contributed by atoms with Gasteiger partial charge in [-0.1, -0.05) is 24.3 Å². The van der Waals surface area contributed by atoms with Gasteiger partial charge in [0, 0.05) is 25.3 Å². The molecule has 2 aromatic heterocycles. The highest BCUT2D eigenvalue weighted by Gasteiger charge is 2.25. The molecule has 0 saturated carbocycles. The molecule has 12 heteroatoms. The van der Waals surface area contributed by atoms with E-state index in [1.807, 2.05) is 50.2 Å². The molecule has 2 heterocycles. The monoisotopic (exact) mass is 475 g/mol. The summed E-state index contributed by atoms with van der Waals surface area (Å²) < 4.78 is 11.6. The zero-order valence-corrected chi connectivity index (χ0v) is 19.5. The van der Waals surface area contributed by atoms with Gasteiger partial charge in [0.1, 0.15) is 11.4 Å². The molecular formula is C23H25N9O3. The smallest absolute Gasteiger partial charge is 0.294 e. The molecule has 0 fully saturated rings. The van der Waals surface area contributed by atoms with Crippen molar-refractivity contribution in [3.63, 3.8) is 0 Å². The number of benzene rings is 2. The number of nitrogens with one attached hydrogen (secondary N) is 1. The maximum absolute atomic E-state index is 13.0. The third kappa shape index (κ3) is 5.27. The molecular weight excluding hydrogens is 450 g/mol. The normalized spacial score (nSPS) is 11.1. The van der Waals surface area contributed by atoms with Gasteiger partial charge in [-0.15, -0.1) is 5.10 Å². The van der Waals surface area contributed by atoms with Crippen LogP contribution in [0, 0.1) is 0 Å². The number of aromatic nitrogens is 5. The first-order valence-corrected chi connectivity index (χ1v) is 10.9. The quantitative estimate of drug-likeness (QED) is 0.275. The third-order valence-corrected chi connectivity index (χ3v) is 4.97. The van der Waals surface area contributed by atoms with Gasteiger partial charge in [0.25, 0.3) is 5.91 Å². The Bertz CT molecular complexity index is 1310. The molecule has 0 saturated heterocycles. The molecule has 0 spiro atoms. The number of hydrazone groups is 1. The fourth-order valence-electron chi connectivity index (χ4n) is 3.19. The number of carbonyl (C=O) groups excluding carboxylic acids is 1. The van der Waals surface area contributed by atoms with Crippen molar-refractivity contribution >= 4 is 23.6 Å². The van der Waals surface area contributed by atoms with E-state index in [1.165, 1.54) is 4.68 Å².